The molecule has 4 heterocycles. The van der Waals surface area contributed by atoms with Gasteiger partial charge in [-0.1, -0.05) is 35.5 Å². The molecule has 0 radical (unpaired) electrons. The fraction of sp³-hybridized carbons (Fsp3) is 0.423. The van der Waals surface area contributed by atoms with E-state index in [0.717, 1.165) is 48.4 Å². The number of rotatable bonds is 8. The van der Waals surface area contributed by atoms with E-state index in [4.69, 9.17) is 30.5 Å². The fourth-order valence-corrected chi connectivity index (χ4v) is 5.44. The lowest BCUT2D eigenvalue weighted by molar-refractivity contribution is 0.0282. The molecular formula is C26H30ClN5O4S. The van der Waals surface area contributed by atoms with Crippen molar-refractivity contribution >= 4 is 40.8 Å². The number of thioether (sulfide) groups is 1. The number of aromatic nitrogens is 2. The highest BCUT2D eigenvalue weighted by molar-refractivity contribution is 7.98. The molecule has 5 rings (SSSR count). The zero-order valence-electron chi connectivity index (χ0n) is 20.8. The van der Waals surface area contributed by atoms with E-state index in [1.54, 1.807) is 18.1 Å². The number of ether oxygens (including phenoxy) is 2. The molecule has 0 saturated carbocycles. The van der Waals surface area contributed by atoms with Crippen LogP contribution in [-0.4, -0.2) is 80.4 Å². The minimum atomic E-state index is -0.101. The van der Waals surface area contributed by atoms with Gasteiger partial charge in [-0.3, -0.25) is 4.79 Å². The van der Waals surface area contributed by atoms with Gasteiger partial charge >= 0.3 is 0 Å². The third-order valence-electron chi connectivity index (χ3n) is 6.35. The summed E-state index contributed by atoms with van der Waals surface area (Å²) in [6.07, 6.45) is 0. The van der Waals surface area contributed by atoms with Crippen LogP contribution in [-0.2, 0) is 21.8 Å². The Kier molecular flexibility index (Phi) is 8.50. The van der Waals surface area contributed by atoms with E-state index in [-0.39, 0.29) is 5.91 Å². The Morgan fingerprint density at radius 3 is 2.54 bits per heavy atom. The van der Waals surface area contributed by atoms with Crippen molar-refractivity contribution in [3.05, 3.63) is 64.7 Å². The van der Waals surface area contributed by atoms with Gasteiger partial charge in [0.25, 0.3) is 5.91 Å². The van der Waals surface area contributed by atoms with Crippen LogP contribution >= 0.6 is 23.4 Å². The topological polar surface area (TPSA) is 84.2 Å². The predicted octanol–water partition coefficient (Wildman–Crippen LogP) is 3.96. The third-order valence-corrected chi connectivity index (χ3v) is 7.54. The number of carbonyl (C=O) groups is 1. The Hall–Kier alpha value is -2.79. The number of methoxy groups -OCH3 is 1. The van der Waals surface area contributed by atoms with Gasteiger partial charge in [0.1, 0.15) is 11.6 Å². The van der Waals surface area contributed by atoms with Gasteiger partial charge in [-0.05, 0) is 24.3 Å². The van der Waals surface area contributed by atoms with Crippen LogP contribution in [0, 0.1) is 0 Å². The fourth-order valence-electron chi connectivity index (χ4n) is 4.42. The van der Waals surface area contributed by atoms with Crippen molar-refractivity contribution in [1.29, 1.82) is 0 Å². The summed E-state index contributed by atoms with van der Waals surface area (Å²) in [7, 11) is 1.66. The molecule has 37 heavy (non-hydrogen) atoms. The summed E-state index contributed by atoms with van der Waals surface area (Å²) in [5, 5.41) is 1.42. The molecular weight excluding hydrogens is 514 g/mol. The van der Waals surface area contributed by atoms with Gasteiger partial charge in [-0.15, -0.1) is 0 Å². The first kappa shape index (κ1) is 25.8. The SMILES string of the molecule is COCc1cc(N2CCN(c3ccccc3Cl)CC2)nc(SCc2ccc(C(=O)N3CCOCC3)o2)n1. The van der Waals surface area contributed by atoms with Crippen LogP contribution in [0.2, 0.25) is 5.02 Å². The molecule has 2 saturated heterocycles. The van der Waals surface area contributed by atoms with Crippen LogP contribution in [0.1, 0.15) is 22.0 Å². The number of morpholine rings is 1. The van der Waals surface area contributed by atoms with Gasteiger partial charge in [0.2, 0.25) is 0 Å². The Morgan fingerprint density at radius 2 is 1.78 bits per heavy atom. The molecule has 3 aromatic rings. The number of para-hydroxylation sites is 1. The average molecular weight is 544 g/mol. The zero-order valence-corrected chi connectivity index (χ0v) is 22.3. The number of halogens is 1. The minimum Gasteiger partial charge on any atom is -0.455 e. The quantitative estimate of drug-likeness (QED) is 0.309. The maximum atomic E-state index is 12.7. The van der Waals surface area contributed by atoms with Crippen molar-refractivity contribution in [2.75, 3.05) is 69.4 Å². The number of amides is 1. The van der Waals surface area contributed by atoms with Crippen molar-refractivity contribution in [2.24, 2.45) is 0 Å². The molecule has 0 N–H and O–H groups in total. The lowest BCUT2D eigenvalue weighted by atomic mass is 10.2. The normalized spacial score (nSPS) is 16.3. The second-order valence-electron chi connectivity index (χ2n) is 8.82. The van der Waals surface area contributed by atoms with Gasteiger partial charge in [0.05, 0.1) is 42.0 Å². The molecule has 2 aromatic heterocycles. The Balaban J connectivity index is 1.23. The molecule has 2 aliphatic rings. The summed E-state index contributed by atoms with van der Waals surface area (Å²) in [5.74, 6) is 2.36. The highest BCUT2D eigenvalue weighted by Crippen LogP contribution is 2.28. The largest absolute Gasteiger partial charge is 0.455 e. The summed E-state index contributed by atoms with van der Waals surface area (Å²) < 4.78 is 16.5. The van der Waals surface area contributed by atoms with E-state index in [9.17, 15) is 4.79 Å². The van der Waals surface area contributed by atoms with Crippen LogP contribution in [0.3, 0.4) is 0 Å². The molecule has 0 aliphatic carbocycles. The smallest absolute Gasteiger partial charge is 0.289 e. The number of hydrogen-bond acceptors (Lipinski definition) is 9. The summed E-state index contributed by atoms with van der Waals surface area (Å²) in [4.78, 5) is 28.5. The van der Waals surface area contributed by atoms with E-state index in [1.807, 2.05) is 30.3 Å². The lowest BCUT2D eigenvalue weighted by Gasteiger charge is -2.37. The Morgan fingerprint density at radius 1 is 1.03 bits per heavy atom. The first-order valence-electron chi connectivity index (χ1n) is 12.3. The van der Waals surface area contributed by atoms with Crippen LogP contribution in [0.15, 0.2) is 52.0 Å². The number of hydrogen-bond donors (Lipinski definition) is 0. The van der Waals surface area contributed by atoms with Crippen molar-refractivity contribution < 1.29 is 18.7 Å². The monoisotopic (exact) mass is 543 g/mol. The first-order valence-corrected chi connectivity index (χ1v) is 13.7. The number of carbonyl (C=O) groups excluding carboxylic acids is 1. The highest BCUT2D eigenvalue weighted by Gasteiger charge is 2.23. The van der Waals surface area contributed by atoms with E-state index >= 15 is 0 Å². The van der Waals surface area contributed by atoms with E-state index < -0.39 is 0 Å². The van der Waals surface area contributed by atoms with Crippen LogP contribution in [0.4, 0.5) is 11.5 Å². The predicted molar refractivity (Wildman–Crippen MR) is 144 cm³/mol. The van der Waals surface area contributed by atoms with E-state index in [0.29, 0.717) is 55.3 Å². The van der Waals surface area contributed by atoms with Crippen molar-refractivity contribution in [3.8, 4) is 0 Å². The van der Waals surface area contributed by atoms with Crippen LogP contribution < -0.4 is 9.80 Å². The number of anilines is 2. The first-order chi connectivity index (χ1) is 18.1. The van der Waals surface area contributed by atoms with Gasteiger partial charge in [0, 0.05) is 52.4 Å². The standard InChI is InChI=1S/C26H30ClN5O4S/c1-34-17-19-16-24(31-10-8-30(9-11-31)22-5-3-2-4-21(22)27)29-26(28-19)37-18-20-6-7-23(36-20)25(33)32-12-14-35-15-13-32/h2-7,16H,8-15,17-18H2,1H3. The Bertz CT molecular complexity index is 1210. The molecule has 2 fully saturated rings. The maximum absolute atomic E-state index is 12.7. The van der Waals surface area contributed by atoms with Crippen LogP contribution in [0.5, 0.6) is 0 Å². The second kappa shape index (κ2) is 12.2. The van der Waals surface area contributed by atoms with E-state index in [1.165, 1.54) is 11.8 Å². The molecule has 2 aliphatic heterocycles. The molecule has 11 heteroatoms. The van der Waals surface area contributed by atoms with Gasteiger partial charge in [0.15, 0.2) is 10.9 Å². The number of piperazine rings is 1. The van der Waals surface area contributed by atoms with Crippen molar-refractivity contribution in [2.45, 2.75) is 17.5 Å². The third kappa shape index (κ3) is 6.38. The molecule has 1 amide bonds. The second-order valence-corrected chi connectivity index (χ2v) is 10.2. The van der Waals surface area contributed by atoms with Crippen molar-refractivity contribution in [1.82, 2.24) is 14.9 Å². The van der Waals surface area contributed by atoms with Gasteiger partial charge in [-0.25, -0.2) is 9.97 Å². The summed E-state index contributed by atoms with van der Waals surface area (Å²) in [6, 6.07) is 13.5. The highest BCUT2D eigenvalue weighted by atomic mass is 35.5. The molecule has 0 atom stereocenters. The van der Waals surface area contributed by atoms with Gasteiger partial charge in [-0.2, -0.15) is 0 Å². The zero-order chi connectivity index (χ0) is 25.6. The molecule has 196 valence electrons. The summed E-state index contributed by atoms with van der Waals surface area (Å²) in [6.45, 7) is 6.03. The van der Waals surface area contributed by atoms with E-state index in [2.05, 4.69) is 20.9 Å². The molecule has 1 aromatic carbocycles. The molecule has 0 spiro atoms. The van der Waals surface area contributed by atoms with Crippen molar-refractivity contribution in [3.63, 3.8) is 0 Å². The molecule has 0 unspecified atom stereocenters. The number of nitrogens with zero attached hydrogens (tertiary/aromatic N) is 5. The number of benzene rings is 1. The Labute approximate surface area is 225 Å². The lowest BCUT2D eigenvalue weighted by Crippen LogP contribution is -2.47. The number of furan rings is 1. The summed E-state index contributed by atoms with van der Waals surface area (Å²) in [5.41, 5.74) is 1.89. The summed E-state index contributed by atoms with van der Waals surface area (Å²) >= 11 is 7.89. The average Bonchev–Trinajstić information content (AvgIpc) is 3.42. The molecule has 9 nitrogen and oxygen atoms in total. The molecule has 0 bridgehead atoms. The van der Waals surface area contributed by atoms with Crippen LogP contribution in [0.25, 0.3) is 0 Å². The minimum absolute atomic E-state index is 0.101. The van der Waals surface area contributed by atoms with Gasteiger partial charge < -0.3 is 28.6 Å². The maximum Gasteiger partial charge on any atom is 0.289 e.